The molecule has 0 fully saturated rings. The van der Waals surface area contributed by atoms with Crippen molar-refractivity contribution in [2.45, 2.75) is 26.3 Å². The molecule has 104 valence electrons. The van der Waals surface area contributed by atoms with Crippen molar-refractivity contribution in [3.05, 3.63) is 23.8 Å². The van der Waals surface area contributed by atoms with Crippen LogP contribution in [0.2, 0.25) is 0 Å². The van der Waals surface area contributed by atoms with Crippen molar-refractivity contribution in [1.82, 2.24) is 0 Å². The van der Waals surface area contributed by atoms with E-state index in [9.17, 15) is 4.79 Å². The average Bonchev–Trinajstić information content (AvgIpc) is 2.47. The second kappa shape index (κ2) is 5.09. The summed E-state index contributed by atoms with van der Waals surface area (Å²) in [5, 5.41) is 8.76. The highest BCUT2D eigenvalue weighted by molar-refractivity contribution is 5.68. The first-order valence-electron chi connectivity index (χ1n) is 6.24. The number of benzene rings is 1. The molecule has 0 saturated carbocycles. The van der Waals surface area contributed by atoms with Gasteiger partial charge in [-0.25, -0.2) is 0 Å². The Morgan fingerprint density at radius 1 is 1.37 bits per heavy atom. The molecule has 0 bridgehead atoms. The third-order valence-corrected chi connectivity index (χ3v) is 3.03. The minimum Gasteiger partial charge on any atom is -0.489 e. The Morgan fingerprint density at radius 3 is 2.63 bits per heavy atom. The van der Waals surface area contributed by atoms with Crippen LogP contribution < -0.4 is 15.2 Å². The third kappa shape index (κ3) is 3.38. The fraction of sp³-hybridized carbons (Fsp3) is 0.500. The molecule has 1 unspecified atom stereocenters. The molecule has 1 aliphatic heterocycles. The van der Waals surface area contributed by atoms with E-state index in [-0.39, 0.29) is 11.8 Å². The fourth-order valence-electron chi connectivity index (χ4n) is 1.88. The van der Waals surface area contributed by atoms with Gasteiger partial charge in [0.2, 0.25) is 0 Å². The van der Waals surface area contributed by atoms with Gasteiger partial charge in [-0.05, 0) is 17.7 Å². The van der Waals surface area contributed by atoms with Crippen LogP contribution in [0.25, 0.3) is 0 Å². The number of hydrogen-bond acceptors (Lipinski definition) is 4. The molecule has 1 aliphatic rings. The number of ether oxygens (including phenoxy) is 2. The molecule has 5 nitrogen and oxygen atoms in total. The first kappa shape index (κ1) is 13.7. The normalized spacial score (nSPS) is 18.5. The molecule has 0 radical (unpaired) electrons. The van der Waals surface area contributed by atoms with Gasteiger partial charge in [0.1, 0.15) is 0 Å². The lowest BCUT2D eigenvalue weighted by molar-refractivity contribution is -0.137. The van der Waals surface area contributed by atoms with Crippen molar-refractivity contribution in [2.24, 2.45) is 11.1 Å². The molecule has 1 atom stereocenters. The topological polar surface area (TPSA) is 81.8 Å². The van der Waals surface area contributed by atoms with Gasteiger partial charge in [-0.3, -0.25) is 4.79 Å². The van der Waals surface area contributed by atoms with E-state index in [1.165, 1.54) is 0 Å². The van der Waals surface area contributed by atoms with Crippen molar-refractivity contribution in [1.29, 1.82) is 0 Å². The lowest BCUT2D eigenvalue weighted by Crippen LogP contribution is -2.26. The van der Waals surface area contributed by atoms with Crippen LogP contribution in [0.15, 0.2) is 18.2 Å². The summed E-state index contributed by atoms with van der Waals surface area (Å²) in [5.41, 5.74) is 6.53. The summed E-state index contributed by atoms with van der Waals surface area (Å²) in [6.45, 7) is 5.27. The number of nitrogens with two attached hydrogens (primary N) is 1. The predicted molar refractivity (Wildman–Crippen MR) is 70.4 cm³/mol. The average molecular weight is 265 g/mol. The molecular weight excluding hydrogens is 246 g/mol. The Balaban J connectivity index is 2.20. The highest BCUT2D eigenvalue weighted by Gasteiger charge is 2.25. The van der Waals surface area contributed by atoms with Gasteiger partial charge in [0.25, 0.3) is 0 Å². The monoisotopic (exact) mass is 265 g/mol. The predicted octanol–water partition coefficient (Wildman–Crippen LogP) is 1.96. The largest absolute Gasteiger partial charge is 0.489 e. The van der Waals surface area contributed by atoms with E-state index in [2.05, 4.69) is 13.8 Å². The summed E-state index contributed by atoms with van der Waals surface area (Å²) in [4.78, 5) is 10.7. The highest BCUT2D eigenvalue weighted by atomic mass is 16.5. The van der Waals surface area contributed by atoms with Crippen molar-refractivity contribution >= 4 is 5.97 Å². The Morgan fingerprint density at radius 2 is 2.00 bits per heavy atom. The third-order valence-electron chi connectivity index (χ3n) is 3.03. The van der Waals surface area contributed by atoms with Crippen LogP contribution in [0, 0.1) is 5.41 Å². The number of fused-ring (bicyclic) bond motifs is 1. The maximum atomic E-state index is 10.7. The van der Waals surface area contributed by atoms with E-state index in [1.54, 1.807) is 18.2 Å². The van der Waals surface area contributed by atoms with E-state index in [1.807, 2.05) is 0 Å². The molecule has 1 aromatic carbocycles. The Labute approximate surface area is 112 Å². The number of carboxylic acids is 1. The van der Waals surface area contributed by atoms with Gasteiger partial charge in [-0.2, -0.15) is 0 Å². The molecule has 0 saturated heterocycles. The number of rotatable bonds is 3. The Hall–Kier alpha value is -1.75. The first-order valence-corrected chi connectivity index (χ1v) is 6.24. The molecule has 1 heterocycles. The van der Waals surface area contributed by atoms with Gasteiger partial charge < -0.3 is 20.3 Å². The summed E-state index contributed by atoms with van der Waals surface area (Å²) in [7, 11) is 0. The minimum atomic E-state index is -0.916. The lowest BCUT2D eigenvalue weighted by Gasteiger charge is -2.19. The van der Waals surface area contributed by atoms with Crippen molar-refractivity contribution < 1.29 is 19.4 Å². The van der Waals surface area contributed by atoms with Crippen LogP contribution in [0.5, 0.6) is 11.5 Å². The summed E-state index contributed by atoms with van der Waals surface area (Å²) in [5.74, 6) is 0.390. The zero-order valence-electron chi connectivity index (χ0n) is 11.2. The smallest absolute Gasteiger partial charge is 0.305 e. The van der Waals surface area contributed by atoms with Gasteiger partial charge in [-0.1, -0.05) is 19.9 Å². The molecule has 0 aromatic heterocycles. The van der Waals surface area contributed by atoms with E-state index < -0.39 is 12.0 Å². The van der Waals surface area contributed by atoms with Crippen molar-refractivity contribution in [3.8, 4) is 11.5 Å². The molecule has 1 aromatic rings. The number of hydrogen-bond donors (Lipinski definition) is 2. The fourth-order valence-corrected chi connectivity index (χ4v) is 1.88. The van der Waals surface area contributed by atoms with Crippen LogP contribution >= 0.6 is 0 Å². The maximum absolute atomic E-state index is 10.7. The summed E-state index contributed by atoms with van der Waals surface area (Å²) in [6, 6.07) is 4.80. The van der Waals surface area contributed by atoms with Crippen LogP contribution in [0.3, 0.4) is 0 Å². The van der Waals surface area contributed by atoms with Crippen LogP contribution in [0.4, 0.5) is 0 Å². The SMILES string of the molecule is CC1(C)COc2ccc(C(N)CC(=O)O)cc2OC1. The number of carbonyl (C=O) groups is 1. The van der Waals surface area contributed by atoms with Gasteiger partial charge in [0.05, 0.1) is 19.6 Å². The number of carboxylic acid groups (broad SMARTS) is 1. The van der Waals surface area contributed by atoms with Gasteiger partial charge in [0.15, 0.2) is 11.5 Å². The quantitative estimate of drug-likeness (QED) is 0.873. The molecule has 0 spiro atoms. The standard InChI is InChI=1S/C14H19NO4/c1-14(2)7-18-11-4-3-9(5-12(11)19-8-14)10(15)6-13(16)17/h3-5,10H,6-8,15H2,1-2H3,(H,16,17). The molecule has 3 N–H and O–H groups in total. The van der Waals surface area contributed by atoms with Crippen LogP contribution in [-0.4, -0.2) is 24.3 Å². The summed E-state index contributed by atoms with van der Waals surface area (Å²) < 4.78 is 11.4. The van der Waals surface area contributed by atoms with E-state index in [0.29, 0.717) is 24.7 Å². The van der Waals surface area contributed by atoms with E-state index >= 15 is 0 Å². The minimum absolute atomic E-state index is 0.0532. The number of aliphatic carboxylic acids is 1. The molecule has 0 amide bonds. The first-order chi connectivity index (χ1) is 8.87. The zero-order valence-corrected chi connectivity index (χ0v) is 11.2. The van der Waals surface area contributed by atoms with Crippen molar-refractivity contribution in [3.63, 3.8) is 0 Å². The molecule has 5 heteroatoms. The Bertz CT molecular complexity index is 484. The van der Waals surface area contributed by atoms with Gasteiger partial charge >= 0.3 is 5.97 Å². The Kier molecular flexibility index (Phi) is 3.66. The van der Waals surface area contributed by atoms with Crippen LogP contribution in [0.1, 0.15) is 31.9 Å². The summed E-state index contributed by atoms with van der Waals surface area (Å²) >= 11 is 0. The molecule has 2 rings (SSSR count). The zero-order chi connectivity index (χ0) is 14.0. The second-order valence-electron chi connectivity index (χ2n) is 5.65. The highest BCUT2D eigenvalue weighted by Crippen LogP contribution is 2.35. The van der Waals surface area contributed by atoms with E-state index in [0.717, 1.165) is 5.56 Å². The van der Waals surface area contributed by atoms with Crippen molar-refractivity contribution in [2.75, 3.05) is 13.2 Å². The molecule has 0 aliphatic carbocycles. The molecule has 19 heavy (non-hydrogen) atoms. The van der Waals surface area contributed by atoms with Gasteiger partial charge in [-0.15, -0.1) is 0 Å². The van der Waals surface area contributed by atoms with Gasteiger partial charge in [0, 0.05) is 11.5 Å². The molecular formula is C14H19NO4. The second-order valence-corrected chi connectivity index (χ2v) is 5.65. The maximum Gasteiger partial charge on any atom is 0.305 e. The lowest BCUT2D eigenvalue weighted by atomic mass is 9.97. The van der Waals surface area contributed by atoms with E-state index in [4.69, 9.17) is 20.3 Å². The van der Waals surface area contributed by atoms with Crippen LogP contribution in [-0.2, 0) is 4.79 Å². The summed E-state index contributed by atoms with van der Waals surface area (Å²) in [6.07, 6.45) is -0.106.